The lowest BCUT2D eigenvalue weighted by molar-refractivity contribution is 1.19. The maximum absolute atomic E-state index is 4.82. The lowest BCUT2D eigenvalue weighted by Gasteiger charge is -2.19. The summed E-state index contributed by atoms with van der Waals surface area (Å²) in [4.78, 5) is 4.82. The van der Waals surface area contributed by atoms with Crippen molar-refractivity contribution in [1.82, 2.24) is 9.38 Å². The summed E-state index contributed by atoms with van der Waals surface area (Å²) >= 11 is 0. The summed E-state index contributed by atoms with van der Waals surface area (Å²) in [5, 5.41) is 7.60. The number of aromatic nitrogens is 2. The van der Waals surface area contributed by atoms with Crippen molar-refractivity contribution in [1.29, 1.82) is 0 Å². The zero-order chi connectivity index (χ0) is 25.8. The van der Waals surface area contributed by atoms with E-state index in [0.29, 0.717) is 0 Å². The Balaban J connectivity index is 1.38. The van der Waals surface area contributed by atoms with Crippen LogP contribution in [0.5, 0.6) is 0 Å². The first-order chi connectivity index (χ1) is 19.3. The zero-order valence-electron chi connectivity index (χ0n) is 21.3. The molecule has 0 amide bonds. The molecular weight excluding hydrogens is 472 g/mol. The van der Waals surface area contributed by atoms with Gasteiger partial charge in [-0.05, 0) is 66.7 Å². The van der Waals surface area contributed by atoms with Gasteiger partial charge in [0, 0.05) is 18.0 Å². The number of imidazole rings is 1. The monoisotopic (exact) mass is 496 g/mol. The Morgan fingerprint density at radius 1 is 0.436 bits per heavy atom. The van der Waals surface area contributed by atoms with Crippen LogP contribution < -0.4 is 0 Å². The minimum atomic E-state index is 0.956. The van der Waals surface area contributed by atoms with E-state index in [9.17, 15) is 0 Å². The number of fused-ring (bicyclic) bond motifs is 4. The molecular formula is C37H24N2. The van der Waals surface area contributed by atoms with E-state index in [1.807, 2.05) is 24.4 Å². The lowest BCUT2D eigenvalue weighted by Crippen LogP contribution is -1.91. The van der Waals surface area contributed by atoms with Gasteiger partial charge in [0.1, 0.15) is 5.65 Å². The number of nitrogens with zero attached hydrogens (tertiary/aromatic N) is 2. The van der Waals surface area contributed by atoms with Gasteiger partial charge in [-0.3, -0.25) is 0 Å². The molecule has 39 heavy (non-hydrogen) atoms. The van der Waals surface area contributed by atoms with Crippen LogP contribution in [0.15, 0.2) is 146 Å². The molecule has 2 aromatic heterocycles. The van der Waals surface area contributed by atoms with E-state index in [4.69, 9.17) is 4.98 Å². The Morgan fingerprint density at radius 2 is 1.00 bits per heavy atom. The maximum Gasteiger partial charge on any atom is 0.137 e. The number of rotatable bonds is 3. The van der Waals surface area contributed by atoms with E-state index >= 15 is 0 Å². The smallest absolute Gasteiger partial charge is 0.137 e. The standard InChI is InChI=1S/C37H24N2/c1-2-12-28-25(10-1)11-9-17-29(28)37-32-15-5-3-13-30(32)36(31-14-4-6-16-33(31)37)27-21-19-26(20-22-27)34-24-39-23-8-7-18-35(39)38-34/h1-24H. The van der Waals surface area contributed by atoms with Crippen molar-refractivity contribution in [3.8, 4) is 33.5 Å². The molecule has 2 nitrogen and oxygen atoms in total. The van der Waals surface area contributed by atoms with E-state index in [1.54, 1.807) is 0 Å². The summed E-state index contributed by atoms with van der Waals surface area (Å²) in [7, 11) is 0. The SMILES string of the molecule is c1ccc2c(-c3c4ccccc4c(-c4ccc(-c5cn6ccccc6n5)cc4)c4ccccc34)cccc2c1. The summed E-state index contributed by atoms with van der Waals surface area (Å²) < 4.78 is 2.07. The second kappa shape index (κ2) is 8.68. The van der Waals surface area contributed by atoms with Crippen LogP contribution in [0, 0.1) is 0 Å². The molecule has 2 heterocycles. The van der Waals surface area contributed by atoms with E-state index in [0.717, 1.165) is 16.9 Å². The van der Waals surface area contributed by atoms with Gasteiger partial charge in [-0.25, -0.2) is 4.98 Å². The maximum atomic E-state index is 4.82. The third kappa shape index (κ3) is 3.46. The molecule has 0 radical (unpaired) electrons. The van der Waals surface area contributed by atoms with Crippen LogP contribution in [-0.4, -0.2) is 9.38 Å². The van der Waals surface area contributed by atoms with Crippen LogP contribution in [0.3, 0.4) is 0 Å². The van der Waals surface area contributed by atoms with Crippen molar-refractivity contribution in [3.05, 3.63) is 146 Å². The second-order valence-corrected chi connectivity index (χ2v) is 10.0. The van der Waals surface area contributed by atoms with E-state index in [2.05, 4.69) is 126 Å². The summed E-state index contributed by atoms with van der Waals surface area (Å²) in [6, 6.07) is 48.0. The fourth-order valence-corrected chi connectivity index (χ4v) is 6.05. The molecule has 182 valence electrons. The Labute approximate surface area is 226 Å². The molecule has 0 fully saturated rings. The average Bonchev–Trinajstić information content (AvgIpc) is 3.44. The molecule has 2 heteroatoms. The highest BCUT2D eigenvalue weighted by atomic mass is 15.0. The molecule has 0 aliphatic carbocycles. The molecule has 6 aromatic carbocycles. The molecule has 8 aromatic rings. The lowest BCUT2D eigenvalue weighted by atomic mass is 9.84. The largest absolute Gasteiger partial charge is 0.306 e. The Morgan fingerprint density at radius 3 is 1.69 bits per heavy atom. The number of hydrogen-bond acceptors (Lipinski definition) is 1. The van der Waals surface area contributed by atoms with Gasteiger partial charge in [0.25, 0.3) is 0 Å². The average molecular weight is 497 g/mol. The third-order valence-corrected chi connectivity index (χ3v) is 7.82. The van der Waals surface area contributed by atoms with Gasteiger partial charge in [-0.2, -0.15) is 0 Å². The predicted molar refractivity (Wildman–Crippen MR) is 164 cm³/mol. The van der Waals surface area contributed by atoms with Crippen molar-refractivity contribution in [3.63, 3.8) is 0 Å². The summed E-state index contributed by atoms with van der Waals surface area (Å²) in [5.41, 5.74) is 8.10. The molecule has 0 N–H and O–H groups in total. The number of pyridine rings is 1. The van der Waals surface area contributed by atoms with Crippen molar-refractivity contribution in [2.24, 2.45) is 0 Å². The van der Waals surface area contributed by atoms with Gasteiger partial charge >= 0.3 is 0 Å². The van der Waals surface area contributed by atoms with Crippen LogP contribution in [0.4, 0.5) is 0 Å². The van der Waals surface area contributed by atoms with Gasteiger partial charge < -0.3 is 4.40 Å². The molecule has 0 saturated carbocycles. The molecule has 0 spiro atoms. The van der Waals surface area contributed by atoms with Crippen LogP contribution in [-0.2, 0) is 0 Å². The Kier molecular flexibility index (Phi) is 4.86. The summed E-state index contributed by atoms with van der Waals surface area (Å²) in [6.07, 6.45) is 4.13. The molecule has 0 unspecified atom stereocenters. The van der Waals surface area contributed by atoms with Gasteiger partial charge in [0.15, 0.2) is 0 Å². The van der Waals surface area contributed by atoms with Crippen molar-refractivity contribution >= 4 is 38.0 Å². The van der Waals surface area contributed by atoms with Gasteiger partial charge in [0.2, 0.25) is 0 Å². The predicted octanol–water partition coefficient (Wildman–Crippen LogP) is 9.79. The van der Waals surface area contributed by atoms with E-state index < -0.39 is 0 Å². The minimum absolute atomic E-state index is 0.956. The van der Waals surface area contributed by atoms with Crippen LogP contribution in [0.1, 0.15) is 0 Å². The number of benzene rings is 6. The quantitative estimate of drug-likeness (QED) is 0.223. The molecule has 0 aliphatic rings. The van der Waals surface area contributed by atoms with Crippen molar-refractivity contribution in [2.45, 2.75) is 0 Å². The first-order valence-corrected chi connectivity index (χ1v) is 13.3. The van der Waals surface area contributed by atoms with Gasteiger partial charge in [-0.15, -0.1) is 0 Å². The van der Waals surface area contributed by atoms with Crippen LogP contribution >= 0.6 is 0 Å². The van der Waals surface area contributed by atoms with Gasteiger partial charge in [-0.1, -0.05) is 121 Å². The molecule has 0 atom stereocenters. The van der Waals surface area contributed by atoms with Gasteiger partial charge in [0.05, 0.1) is 5.69 Å². The first-order valence-electron chi connectivity index (χ1n) is 13.3. The molecule has 8 rings (SSSR count). The van der Waals surface area contributed by atoms with Crippen LogP contribution in [0.25, 0.3) is 71.5 Å². The second-order valence-electron chi connectivity index (χ2n) is 10.0. The fourth-order valence-electron chi connectivity index (χ4n) is 6.05. The summed E-state index contributed by atoms with van der Waals surface area (Å²) in [5.74, 6) is 0. The molecule has 0 saturated heterocycles. The molecule has 0 bridgehead atoms. The van der Waals surface area contributed by atoms with E-state index in [-0.39, 0.29) is 0 Å². The van der Waals surface area contributed by atoms with Crippen molar-refractivity contribution in [2.75, 3.05) is 0 Å². The Bertz CT molecular complexity index is 2070. The first kappa shape index (κ1) is 21.8. The molecule has 0 aliphatic heterocycles. The van der Waals surface area contributed by atoms with E-state index in [1.165, 1.54) is 54.6 Å². The topological polar surface area (TPSA) is 17.3 Å². The number of hydrogen-bond donors (Lipinski definition) is 0. The highest BCUT2D eigenvalue weighted by molar-refractivity contribution is 6.23. The zero-order valence-corrected chi connectivity index (χ0v) is 21.3. The minimum Gasteiger partial charge on any atom is -0.306 e. The Hall–Kier alpha value is -5.21. The highest BCUT2D eigenvalue weighted by Crippen LogP contribution is 2.45. The van der Waals surface area contributed by atoms with Crippen LogP contribution in [0.2, 0.25) is 0 Å². The van der Waals surface area contributed by atoms with Crippen molar-refractivity contribution < 1.29 is 0 Å². The normalized spacial score (nSPS) is 11.6. The summed E-state index contributed by atoms with van der Waals surface area (Å²) in [6.45, 7) is 0. The fraction of sp³-hybridized carbons (Fsp3) is 0. The highest BCUT2D eigenvalue weighted by Gasteiger charge is 2.17. The third-order valence-electron chi connectivity index (χ3n) is 7.82.